The predicted octanol–water partition coefficient (Wildman–Crippen LogP) is 2.46. The number of aldehydes is 1. The third kappa shape index (κ3) is 1.51. The molecule has 0 radical (unpaired) electrons. The summed E-state index contributed by atoms with van der Waals surface area (Å²) in [5.41, 5.74) is 2.66. The summed E-state index contributed by atoms with van der Waals surface area (Å²) in [5.74, 6) is 0. The molecule has 0 saturated carbocycles. The lowest BCUT2D eigenvalue weighted by Crippen LogP contribution is -2.17. The van der Waals surface area contributed by atoms with Crippen molar-refractivity contribution in [2.24, 2.45) is 4.99 Å². The van der Waals surface area contributed by atoms with E-state index in [4.69, 9.17) is 0 Å². The van der Waals surface area contributed by atoms with E-state index in [9.17, 15) is 4.79 Å². The molecule has 1 unspecified atom stereocenters. The van der Waals surface area contributed by atoms with Gasteiger partial charge in [0.15, 0.2) is 11.2 Å². The molecule has 2 nitrogen and oxygen atoms in total. The molecule has 66 valence electrons. The fourth-order valence-corrected chi connectivity index (χ4v) is 3.20. The number of benzene rings is 1. The monoisotopic (exact) mass is 209 g/mol. The first-order valence-electron chi connectivity index (χ1n) is 3.77. The van der Waals surface area contributed by atoms with E-state index in [1.165, 1.54) is 21.6 Å². The van der Waals surface area contributed by atoms with Gasteiger partial charge in [0.1, 0.15) is 0 Å². The Bertz CT molecular complexity index is 339. The first-order valence-corrected chi connectivity index (χ1v) is 5.99. The van der Waals surface area contributed by atoms with Gasteiger partial charge in [0.2, 0.25) is 0 Å². The number of hydrogen-bond acceptors (Lipinski definition) is 4. The van der Waals surface area contributed by atoms with Gasteiger partial charge in [0.05, 0.1) is 5.55 Å². The van der Waals surface area contributed by atoms with Crippen molar-refractivity contribution >= 4 is 33.4 Å². The summed E-state index contributed by atoms with van der Waals surface area (Å²) in [6.45, 7) is 0. The van der Waals surface area contributed by atoms with E-state index >= 15 is 0 Å². The van der Waals surface area contributed by atoms with Crippen LogP contribution in [0.15, 0.2) is 35.3 Å². The summed E-state index contributed by atoms with van der Waals surface area (Å²) in [5, 5.41) is 0. The van der Waals surface area contributed by atoms with Crippen LogP contribution in [0.1, 0.15) is 5.56 Å². The molecule has 4 heteroatoms. The van der Waals surface area contributed by atoms with Crippen LogP contribution in [0.4, 0.5) is 0 Å². The number of carbonyl (C=O) groups excluding carboxylic acids is 1. The Balaban J connectivity index is 2.43. The minimum absolute atomic E-state index is 0.702. The quantitative estimate of drug-likeness (QED) is 0.553. The van der Waals surface area contributed by atoms with Crippen molar-refractivity contribution in [1.29, 1.82) is 0 Å². The maximum absolute atomic E-state index is 11.0. The van der Waals surface area contributed by atoms with E-state index in [2.05, 4.69) is 4.99 Å². The second kappa shape index (κ2) is 3.55. The van der Waals surface area contributed by atoms with Crippen molar-refractivity contribution < 1.29 is 4.79 Å². The van der Waals surface area contributed by atoms with Crippen molar-refractivity contribution in [3.63, 3.8) is 0 Å². The number of hydrogen-bond donors (Lipinski definition) is 0. The molecule has 2 rings (SSSR count). The largest absolute Gasteiger partial charge is 0.299 e. The van der Waals surface area contributed by atoms with Crippen molar-refractivity contribution in [2.45, 2.75) is 4.87 Å². The van der Waals surface area contributed by atoms with Crippen molar-refractivity contribution in [1.82, 2.24) is 0 Å². The van der Waals surface area contributed by atoms with E-state index in [1.807, 2.05) is 30.3 Å². The average Bonchev–Trinajstić information content (AvgIpc) is 2.69. The Morgan fingerprint density at radius 2 is 2.08 bits per heavy atom. The summed E-state index contributed by atoms with van der Waals surface area (Å²) < 4.78 is 0. The van der Waals surface area contributed by atoms with E-state index in [0.29, 0.717) is 0 Å². The first kappa shape index (κ1) is 8.84. The summed E-state index contributed by atoms with van der Waals surface area (Å²) in [6, 6.07) is 9.60. The molecule has 0 amide bonds. The first-order chi connectivity index (χ1) is 6.37. The van der Waals surface area contributed by atoms with Gasteiger partial charge in [-0.3, -0.25) is 9.79 Å². The zero-order valence-electron chi connectivity index (χ0n) is 6.71. The average molecular weight is 209 g/mol. The van der Waals surface area contributed by atoms with Gasteiger partial charge in [0.25, 0.3) is 0 Å². The van der Waals surface area contributed by atoms with Crippen molar-refractivity contribution in [3.05, 3.63) is 35.9 Å². The van der Waals surface area contributed by atoms with Gasteiger partial charge >= 0.3 is 0 Å². The van der Waals surface area contributed by atoms with E-state index in [1.54, 1.807) is 5.55 Å². The van der Waals surface area contributed by atoms with Crippen LogP contribution in [0.25, 0.3) is 0 Å². The van der Waals surface area contributed by atoms with E-state index in [-0.39, 0.29) is 0 Å². The second-order valence-corrected chi connectivity index (χ2v) is 4.86. The van der Waals surface area contributed by atoms with Gasteiger partial charge in [0, 0.05) is 0 Å². The molecule has 0 aliphatic carbocycles. The number of carbonyl (C=O) groups is 1. The summed E-state index contributed by atoms with van der Waals surface area (Å²) in [4.78, 5) is 14.5. The van der Waals surface area contributed by atoms with Crippen LogP contribution in [-0.4, -0.2) is 11.8 Å². The highest BCUT2D eigenvalue weighted by molar-refractivity contribution is 8.82. The molecule has 0 N–H and O–H groups in total. The third-order valence-corrected chi connectivity index (χ3v) is 4.10. The second-order valence-electron chi connectivity index (χ2n) is 2.59. The number of aliphatic imine (C=N–C) groups is 1. The van der Waals surface area contributed by atoms with Crippen LogP contribution in [0.2, 0.25) is 0 Å². The van der Waals surface area contributed by atoms with Crippen LogP contribution in [0.5, 0.6) is 0 Å². The SMILES string of the molecule is O=CC1(c2ccccc2)N=CSS1. The van der Waals surface area contributed by atoms with Crippen LogP contribution >= 0.6 is 21.6 Å². The molecule has 1 aromatic carbocycles. The predicted molar refractivity (Wildman–Crippen MR) is 57.9 cm³/mol. The smallest absolute Gasteiger partial charge is 0.196 e. The molecule has 0 aromatic heterocycles. The standard InChI is InChI=1S/C9H7NOS2/c11-6-9(10-7-12-13-9)8-4-2-1-3-5-8/h1-7H. The Hall–Kier alpha value is -0.740. The fraction of sp³-hybridized carbons (Fsp3) is 0.111. The normalized spacial score (nSPS) is 26.2. The van der Waals surface area contributed by atoms with Crippen molar-refractivity contribution in [2.75, 3.05) is 0 Å². The molecule has 1 aromatic rings. The number of nitrogens with zero attached hydrogens (tertiary/aromatic N) is 1. The summed E-state index contributed by atoms with van der Waals surface area (Å²) >= 11 is 0. The topological polar surface area (TPSA) is 29.4 Å². The molecule has 1 aliphatic rings. The van der Waals surface area contributed by atoms with Gasteiger partial charge in [-0.25, -0.2) is 0 Å². The Labute approximate surface area is 84.2 Å². The summed E-state index contributed by atoms with van der Waals surface area (Å²) in [7, 11) is 2.96. The van der Waals surface area contributed by atoms with Crippen LogP contribution < -0.4 is 0 Å². The maximum atomic E-state index is 11.0. The van der Waals surface area contributed by atoms with Crippen LogP contribution in [0.3, 0.4) is 0 Å². The summed E-state index contributed by atoms with van der Waals surface area (Å²) in [6.07, 6.45) is 0.892. The van der Waals surface area contributed by atoms with E-state index < -0.39 is 4.87 Å². The molecule has 1 atom stereocenters. The molecule has 0 saturated heterocycles. The Kier molecular flexibility index (Phi) is 2.42. The zero-order chi connectivity index (χ0) is 9.15. The fourth-order valence-electron chi connectivity index (χ4n) is 1.13. The lowest BCUT2D eigenvalue weighted by molar-refractivity contribution is -0.109. The minimum atomic E-state index is -0.702. The molecule has 1 heterocycles. The van der Waals surface area contributed by atoms with Gasteiger partial charge in [-0.1, -0.05) is 30.3 Å². The van der Waals surface area contributed by atoms with Crippen LogP contribution in [0, 0.1) is 0 Å². The number of rotatable bonds is 2. The highest BCUT2D eigenvalue weighted by Crippen LogP contribution is 2.47. The molecule has 0 fully saturated rings. The Morgan fingerprint density at radius 1 is 1.31 bits per heavy atom. The highest BCUT2D eigenvalue weighted by atomic mass is 33.1. The van der Waals surface area contributed by atoms with E-state index in [0.717, 1.165) is 11.8 Å². The van der Waals surface area contributed by atoms with Crippen molar-refractivity contribution in [3.8, 4) is 0 Å². The molecular formula is C9H7NOS2. The molecule has 13 heavy (non-hydrogen) atoms. The third-order valence-electron chi connectivity index (χ3n) is 1.81. The van der Waals surface area contributed by atoms with Crippen LogP contribution in [-0.2, 0) is 9.67 Å². The lowest BCUT2D eigenvalue weighted by Gasteiger charge is -2.16. The van der Waals surface area contributed by atoms with Gasteiger partial charge in [-0.15, -0.1) is 0 Å². The zero-order valence-corrected chi connectivity index (χ0v) is 8.35. The maximum Gasteiger partial charge on any atom is 0.196 e. The minimum Gasteiger partial charge on any atom is -0.299 e. The molecule has 0 spiro atoms. The van der Waals surface area contributed by atoms with Gasteiger partial charge < -0.3 is 0 Å². The van der Waals surface area contributed by atoms with Gasteiger partial charge in [-0.2, -0.15) is 0 Å². The molecule has 0 bridgehead atoms. The lowest BCUT2D eigenvalue weighted by atomic mass is 10.1. The van der Waals surface area contributed by atoms with Gasteiger partial charge in [-0.05, 0) is 27.2 Å². The molecular weight excluding hydrogens is 202 g/mol. The molecule has 1 aliphatic heterocycles. The Morgan fingerprint density at radius 3 is 2.62 bits per heavy atom. The highest BCUT2D eigenvalue weighted by Gasteiger charge is 2.34.